The number of ether oxygens (including phenoxy) is 2. The van der Waals surface area contributed by atoms with Crippen molar-refractivity contribution in [3.05, 3.63) is 12.2 Å². The molecule has 1 aromatic heterocycles. The molecule has 0 bridgehead atoms. The van der Waals surface area contributed by atoms with Crippen molar-refractivity contribution in [2.45, 2.75) is 33.1 Å². The van der Waals surface area contributed by atoms with Crippen LogP contribution in [0.15, 0.2) is 6.33 Å². The molecule has 0 aromatic carbocycles. The summed E-state index contributed by atoms with van der Waals surface area (Å²) in [4.78, 5) is 4.22. The van der Waals surface area contributed by atoms with E-state index in [0.29, 0.717) is 19.1 Å². The van der Waals surface area contributed by atoms with Crippen LogP contribution in [0.1, 0.15) is 19.7 Å². The molecule has 1 fully saturated rings. The summed E-state index contributed by atoms with van der Waals surface area (Å²) in [6.45, 7) is 8.84. The summed E-state index contributed by atoms with van der Waals surface area (Å²) in [5, 5.41) is 7.48. The Morgan fingerprint density at radius 2 is 2.50 bits per heavy atom. The summed E-state index contributed by atoms with van der Waals surface area (Å²) < 4.78 is 13.1. The lowest BCUT2D eigenvalue weighted by molar-refractivity contribution is -0.0375. The highest BCUT2D eigenvalue weighted by Gasteiger charge is 2.14. The third-order valence-corrected chi connectivity index (χ3v) is 2.77. The summed E-state index contributed by atoms with van der Waals surface area (Å²) in [5.41, 5.74) is 0. The smallest absolute Gasteiger partial charge is 0.152 e. The van der Waals surface area contributed by atoms with Crippen LogP contribution in [0.25, 0.3) is 0 Å². The highest BCUT2D eigenvalue weighted by molar-refractivity contribution is 4.82. The van der Waals surface area contributed by atoms with E-state index in [0.717, 1.165) is 32.1 Å². The Hall–Kier alpha value is -0.980. The highest BCUT2D eigenvalue weighted by Crippen LogP contribution is 2.04. The SMILES string of the molecule is CC(C)Cn1ncnc1COCC1CNCCO1. The van der Waals surface area contributed by atoms with E-state index < -0.39 is 0 Å². The van der Waals surface area contributed by atoms with Gasteiger partial charge >= 0.3 is 0 Å². The average molecular weight is 254 g/mol. The van der Waals surface area contributed by atoms with Crippen LogP contribution in [0.5, 0.6) is 0 Å². The molecule has 6 heteroatoms. The van der Waals surface area contributed by atoms with Gasteiger partial charge in [0.25, 0.3) is 0 Å². The molecule has 1 saturated heterocycles. The van der Waals surface area contributed by atoms with Gasteiger partial charge in [0.15, 0.2) is 5.82 Å². The van der Waals surface area contributed by atoms with Crippen molar-refractivity contribution in [1.29, 1.82) is 0 Å². The second kappa shape index (κ2) is 6.82. The molecule has 0 aliphatic carbocycles. The Balaban J connectivity index is 1.74. The minimum absolute atomic E-state index is 0.153. The number of morpholine rings is 1. The summed E-state index contributed by atoms with van der Waals surface area (Å²) >= 11 is 0. The molecule has 2 rings (SSSR count). The van der Waals surface area contributed by atoms with Gasteiger partial charge in [0.05, 0.1) is 19.3 Å². The zero-order valence-electron chi connectivity index (χ0n) is 11.1. The Labute approximate surface area is 108 Å². The molecule has 1 N–H and O–H groups in total. The molecular formula is C12H22N4O2. The summed E-state index contributed by atoms with van der Waals surface area (Å²) in [6.07, 6.45) is 1.74. The number of rotatable bonds is 6. The van der Waals surface area contributed by atoms with Crippen molar-refractivity contribution in [3.8, 4) is 0 Å². The van der Waals surface area contributed by atoms with Crippen molar-refractivity contribution in [3.63, 3.8) is 0 Å². The van der Waals surface area contributed by atoms with Crippen molar-refractivity contribution >= 4 is 0 Å². The monoisotopic (exact) mass is 254 g/mol. The van der Waals surface area contributed by atoms with Gasteiger partial charge in [0.2, 0.25) is 0 Å². The van der Waals surface area contributed by atoms with Gasteiger partial charge in [0.1, 0.15) is 12.9 Å². The third kappa shape index (κ3) is 4.04. The Kier molecular flexibility index (Phi) is 5.10. The third-order valence-electron chi connectivity index (χ3n) is 2.77. The second-order valence-corrected chi connectivity index (χ2v) is 4.96. The van der Waals surface area contributed by atoms with E-state index in [1.54, 1.807) is 6.33 Å². The number of nitrogens with one attached hydrogen (secondary N) is 1. The maximum atomic E-state index is 5.65. The summed E-state index contributed by atoms with van der Waals surface area (Å²) in [7, 11) is 0. The Bertz CT molecular complexity index is 348. The molecule has 1 aromatic rings. The summed E-state index contributed by atoms with van der Waals surface area (Å²) in [6, 6.07) is 0. The molecule has 6 nitrogen and oxygen atoms in total. The first-order valence-corrected chi connectivity index (χ1v) is 6.52. The first-order valence-electron chi connectivity index (χ1n) is 6.52. The molecule has 0 saturated carbocycles. The van der Waals surface area contributed by atoms with Gasteiger partial charge in [-0.1, -0.05) is 13.8 Å². The van der Waals surface area contributed by atoms with E-state index in [1.165, 1.54) is 0 Å². The van der Waals surface area contributed by atoms with E-state index in [2.05, 4.69) is 29.2 Å². The fourth-order valence-electron chi connectivity index (χ4n) is 1.91. The summed E-state index contributed by atoms with van der Waals surface area (Å²) in [5.74, 6) is 1.43. The van der Waals surface area contributed by atoms with Crippen LogP contribution in [0.2, 0.25) is 0 Å². The van der Waals surface area contributed by atoms with Crippen molar-refractivity contribution in [1.82, 2.24) is 20.1 Å². The molecule has 102 valence electrons. The quantitative estimate of drug-likeness (QED) is 0.798. The van der Waals surface area contributed by atoms with E-state index in [1.807, 2.05) is 4.68 Å². The first-order chi connectivity index (χ1) is 8.75. The Morgan fingerprint density at radius 3 is 3.22 bits per heavy atom. The Morgan fingerprint density at radius 1 is 1.61 bits per heavy atom. The molecule has 1 aliphatic rings. The number of aromatic nitrogens is 3. The number of hydrogen-bond donors (Lipinski definition) is 1. The normalized spacial score (nSPS) is 20.5. The minimum Gasteiger partial charge on any atom is -0.373 e. The molecule has 0 amide bonds. The van der Waals surface area contributed by atoms with Gasteiger partial charge < -0.3 is 14.8 Å². The van der Waals surface area contributed by atoms with Crippen LogP contribution in [0.4, 0.5) is 0 Å². The second-order valence-electron chi connectivity index (χ2n) is 4.96. The van der Waals surface area contributed by atoms with Gasteiger partial charge in [-0.2, -0.15) is 5.10 Å². The lowest BCUT2D eigenvalue weighted by atomic mass is 10.2. The molecule has 0 radical (unpaired) electrons. The predicted molar refractivity (Wildman–Crippen MR) is 67.1 cm³/mol. The van der Waals surface area contributed by atoms with Crippen LogP contribution in [-0.2, 0) is 22.6 Å². The number of hydrogen-bond acceptors (Lipinski definition) is 5. The van der Waals surface area contributed by atoms with Gasteiger partial charge in [-0.25, -0.2) is 9.67 Å². The van der Waals surface area contributed by atoms with Crippen LogP contribution in [0.3, 0.4) is 0 Å². The fourth-order valence-corrected chi connectivity index (χ4v) is 1.91. The molecule has 2 heterocycles. The molecule has 1 aliphatic heterocycles. The zero-order valence-corrected chi connectivity index (χ0v) is 11.1. The van der Waals surface area contributed by atoms with E-state index in [9.17, 15) is 0 Å². The predicted octanol–water partition coefficient (Wildman–Crippen LogP) is 0.439. The molecule has 0 spiro atoms. The maximum Gasteiger partial charge on any atom is 0.152 e. The first kappa shape index (κ1) is 13.5. The zero-order chi connectivity index (χ0) is 12.8. The standard InChI is InChI=1S/C12H22N4O2/c1-10(2)6-16-12(14-9-15-16)8-17-7-11-5-13-3-4-18-11/h9-11,13H,3-8H2,1-2H3. The van der Waals surface area contributed by atoms with Gasteiger partial charge in [-0.3, -0.25) is 0 Å². The van der Waals surface area contributed by atoms with Crippen LogP contribution in [-0.4, -0.2) is 47.2 Å². The van der Waals surface area contributed by atoms with Gasteiger partial charge in [-0.05, 0) is 5.92 Å². The van der Waals surface area contributed by atoms with E-state index >= 15 is 0 Å². The fraction of sp³-hybridized carbons (Fsp3) is 0.833. The van der Waals surface area contributed by atoms with E-state index in [4.69, 9.17) is 9.47 Å². The maximum absolute atomic E-state index is 5.65. The average Bonchev–Trinajstić information content (AvgIpc) is 2.77. The van der Waals surface area contributed by atoms with Crippen molar-refractivity contribution in [2.24, 2.45) is 5.92 Å². The highest BCUT2D eigenvalue weighted by atomic mass is 16.5. The lowest BCUT2D eigenvalue weighted by Gasteiger charge is -2.23. The molecule has 18 heavy (non-hydrogen) atoms. The van der Waals surface area contributed by atoms with Crippen LogP contribution >= 0.6 is 0 Å². The largest absolute Gasteiger partial charge is 0.373 e. The molecular weight excluding hydrogens is 232 g/mol. The van der Waals surface area contributed by atoms with Crippen LogP contribution in [0, 0.1) is 5.92 Å². The van der Waals surface area contributed by atoms with Crippen LogP contribution < -0.4 is 5.32 Å². The lowest BCUT2D eigenvalue weighted by Crippen LogP contribution is -2.41. The van der Waals surface area contributed by atoms with Crippen molar-refractivity contribution in [2.75, 3.05) is 26.3 Å². The topological polar surface area (TPSA) is 61.2 Å². The van der Waals surface area contributed by atoms with Gasteiger partial charge in [0, 0.05) is 19.6 Å². The molecule has 1 atom stereocenters. The molecule has 1 unspecified atom stereocenters. The minimum atomic E-state index is 0.153. The number of nitrogens with zero attached hydrogens (tertiary/aromatic N) is 3. The van der Waals surface area contributed by atoms with Crippen molar-refractivity contribution < 1.29 is 9.47 Å². The van der Waals surface area contributed by atoms with Gasteiger partial charge in [-0.15, -0.1) is 0 Å². The van der Waals surface area contributed by atoms with E-state index in [-0.39, 0.29) is 6.10 Å².